The monoisotopic (exact) mass is 510 g/mol. The Kier molecular flexibility index (Phi) is 6.94. The minimum absolute atomic E-state index is 0.0134. The molecule has 8 nitrogen and oxygen atoms in total. The van der Waals surface area contributed by atoms with Gasteiger partial charge in [-0.05, 0) is 55.8 Å². The summed E-state index contributed by atoms with van der Waals surface area (Å²) in [5.41, 5.74) is -1.42. The molecule has 0 saturated heterocycles. The van der Waals surface area contributed by atoms with E-state index >= 15 is 0 Å². The molecule has 0 radical (unpaired) electrons. The Bertz CT molecular complexity index is 1390. The van der Waals surface area contributed by atoms with Gasteiger partial charge in [0.2, 0.25) is 17.7 Å². The van der Waals surface area contributed by atoms with Crippen LogP contribution in [0, 0.1) is 17.2 Å². The zero-order chi connectivity index (χ0) is 26.0. The fourth-order valence-corrected chi connectivity index (χ4v) is 4.17. The van der Waals surface area contributed by atoms with Gasteiger partial charge in [-0.3, -0.25) is 23.7 Å². The second-order valence-corrected chi connectivity index (χ2v) is 9.01. The molecule has 1 heterocycles. The van der Waals surface area contributed by atoms with Gasteiger partial charge in [0.05, 0.1) is 17.3 Å². The molecule has 3 amide bonds. The van der Waals surface area contributed by atoms with Crippen molar-refractivity contribution in [1.82, 2.24) is 9.47 Å². The van der Waals surface area contributed by atoms with Gasteiger partial charge in [-0.1, -0.05) is 17.7 Å². The molecule has 2 atom stereocenters. The Hall–Kier alpha value is -3.98. The van der Waals surface area contributed by atoms with E-state index in [4.69, 9.17) is 11.6 Å². The molecule has 1 fully saturated rings. The van der Waals surface area contributed by atoms with Crippen LogP contribution in [-0.4, -0.2) is 40.8 Å². The molecule has 2 aromatic carbocycles. The molecular formula is C26H24ClFN4O4. The van der Waals surface area contributed by atoms with E-state index in [9.17, 15) is 23.6 Å². The Labute approximate surface area is 211 Å². The molecule has 4 rings (SSSR count). The average molecular weight is 511 g/mol. The number of hydrogen-bond acceptors (Lipinski definition) is 4. The Morgan fingerprint density at radius 3 is 2.47 bits per heavy atom. The maximum Gasteiger partial charge on any atom is 0.255 e. The highest BCUT2D eigenvalue weighted by Gasteiger charge is 2.69. The van der Waals surface area contributed by atoms with E-state index in [-0.39, 0.29) is 23.4 Å². The summed E-state index contributed by atoms with van der Waals surface area (Å²) < 4.78 is 16.2. The van der Waals surface area contributed by atoms with E-state index in [1.807, 2.05) is 0 Å². The molecule has 186 valence electrons. The third-order valence-corrected chi connectivity index (χ3v) is 6.55. The lowest BCUT2D eigenvalue weighted by Gasteiger charge is -2.23. The molecule has 1 saturated carbocycles. The summed E-state index contributed by atoms with van der Waals surface area (Å²) in [4.78, 5) is 52.9. The fourth-order valence-electron chi connectivity index (χ4n) is 4.04. The predicted molar refractivity (Wildman–Crippen MR) is 135 cm³/mol. The molecule has 0 bridgehead atoms. The van der Waals surface area contributed by atoms with Gasteiger partial charge in [0.15, 0.2) is 0 Å². The molecule has 3 aromatic rings. The molecule has 1 aliphatic rings. The summed E-state index contributed by atoms with van der Waals surface area (Å²) in [6.07, 6.45) is 1.48. The molecule has 0 spiro atoms. The molecule has 0 aliphatic heterocycles. The van der Waals surface area contributed by atoms with Crippen LogP contribution in [0.5, 0.6) is 0 Å². The summed E-state index contributed by atoms with van der Waals surface area (Å²) >= 11 is 5.88. The molecule has 1 aromatic heterocycles. The van der Waals surface area contributed by atoms with Crippen molar-refractivity contribution in [3.05, 3.63) is 88.1 Å². The summed E-state index contributed by atoms with van der Waals surface area (Å²) in [7, 11) is 1.54. The van der Waals surface area contributed by atoms with E-state index in [1.54, 1.807) is 43.3 Å². The van der Waals surface area contributed by atoms with Crippen LogP contribution in [0.25, 0.3) is 5.69 Å². The van der Waals surface area contributed by atoms with Crippen molar-refractivity contribution in [3.8, 4) is 5.69 Å². The van der Waals surface area contributed by atoms with Crippen molar-refractivity contribution < 1.29 is 18.8 Å². The van der Waals surface area contributed by atoms with Gasteiger partial charge in [-0.15, -0.1) is 0 Å². The van der Waals surface area contributed by atoms with Crippen molar-refractivity contribution in [2.24, 2.45) is 11.3 Å². The molecule has 1 aliphatic carbocycles. The maximum absolute atomic E-state index is 14.9. The Morgan fingerprint density at radius 1 is 1.11 bits per heavy atom. The number of nitrogens with zero attached hydrogens (tertiary/aromatic N) is 2. The van der Waals surface area contributed by atoms with Gasteiger partial charge in [-0.25, -0.2) is 4.39 Å². The Morgan fingerprint density at radius 2 is 1.83 bits per heavy atom. The van der Waals surface area contributed by atoms with Crippen LogP contribution in [0.2, 0.25) is 5.02 Å². The zero-order valence-electron chi connectivity index (χ0n) is 19.6. The number of benzene rings is 2. The van der Waals surface area contributed by atoms with Gasteiger partial charge < -0.3 is 15.5 Å². The zero-order valence-corrected chi connectivity index (χ0v) is 20.4. The lowest BCUT2D eigenvalue weighted by atomic mass is 9.99. The summed E-state index contributed by atoms with van der Waals surface area (Å²) in [6, 6.07) is 14.9. The van der Waals surface area contributed by atoms with Crippen LogP contribution in [0.15, 0.2) is 71.7 Å². The quantitative estimate of drug-likeness (QED) is 0.473. The fraction of sp³-hybridized carbons (Fsp3) is 0.231. The lowest BCUT2D eigenvalue weighted by molar-refractivity contribution is -0.143. The number of anilines is 2. The highest BCUT2D eigenvalue weighted by Crippen LogP contribution is 2.55. The van der Waals surface area contributed by atoms with Gasteiger partial charge in [-0.2, -0.15) is 0 Å². The second-order valence-electron chi connectivity index (χ2n) is 8.57. The number of hydrogen-bond donors (Lipinski definition) is 2. The number of nitrogens with one attached hydrogen (secondary N) is 2. The van der Waals surface area contributed by atoms with Crippen molar-refractivity contribution in [2.45, 2.75) is 13.3 Å². The highest BCUT2D eigenvalue weighted by atomic mass is 35.5. The molecule has 36 heavy (non-hydrogen) atoms. The van der Waals surface area contributed by atoms with Crippen LogP contribution in [0.4, 0.5) is 15.8 Å². The second kappa shape index (κ2) is 9.94. The van der Waals surface area contributed by atoms with Gasteiger partial charge in [0.25, 0.3) is 5.56 Å². The number of amides is 3. The summed E-state index contributed by atoms with van der Waals surface area (Å²) in [6.45, 7) is 2.08. The first-order chi connectivity index (χ1) is 17.2. The van der Waals surface area contributed by atoms with E-state index < -0.39 is 34.9 Å². The number of rotatable bonds is 7. The lowest BCUT2D eigenvalue weighted by Crippen LogP contribution is -2.43. The van der Waals surface area contributed by atoms with Crippen LogP contribution >= 0.6 is 11.6 Å². The Balaban J connectivity index is 1.57. The molecule has 10 heteroatoms. The van der Waals surface area contributed by atoms with E-state index in [0.29, 0.717) is 17.3 Å². The van der Waals surface area contributed by atoms with Gasteiger partial charge >= 0.3 is 0 Å². The SMILES string of the molecule is CCN(C)C(=O)[C@@]1(C(=O)Nc2ccc(-n3ccccc3=O)cc2F)C[C@@H]1C(=O)Nc1ccc(Cl)cc1. The third-order valence-electron chi connectivity index (χ3n) is 6.30. The standard InChI is InChI=1S/C26H24ClFN4O4/c1-3-31(2)25(36)26(15-19(26)23(34)29-17-9-7-16(27)8-10-17)24(35)30-21-12-11-18(14-20(21)28)32-13-5-4-6-22(32)33/h4-14,19H,3,15H2,1-2H3,(H,29,34)(H,30,35)/t19-,26+/m1/s1. The van der Waals surface area contributed by atoms with Crippen molar-refractivity contribution in [3.63, 3.8) is 0 Å². The smallest absolute Gasteiger partial charge is 0.255 e. The predicted octanol–water partition coefficient (Wildman–Crippen LogP) is 3.69. The van der Waals surface area contributed by atoms with Gasteiger partial charge in [0.1, 0.15) is 11.2 Å². The molecule has 0 unspecified atom stereocenters. The van der Waals surface area contributed by atoms with Crippen molar-refractivity contribution in [2.75, 3.05) is 24.2 Å². The first kappa shape index (κ1) is 25.1. The van der Waals surface area contributed by atoms with Crippen LogP contribution < -0.4 is 16.2 Å². The first-order valence-corrected chi connectivity index (χ1v) is 11.7. The normalized spacial score (nSPS) is 18.3. The average Bonchev–Trinajstić information content (AvgIpc) is 3.63. The minimum Gasteiger partial charge on any atom is -0.345 e. The number of aromatic nitrogens is 1. The molecule has 2 N–H and O–H groups in total. The first-order valence-electron chi connectivity index (χ1n) is 11.3. The van der Waals surface area contributed by atoms with E-state index in [0.717, 1.165) is 6.07 Å². The summed E-state index contributed by atoms with van der Waals surface area (Å²) in [5.74, 6) is -3.51. The number of carbonyl (C=O) groups excluding carboxylic acids is 3. The minimum atomic E-state index is -1.66. The topological polar surface area (TPSA) is 101 Å². The van der Waals surface area contributed by atoms with Crippen LogP contribution in [0.1, 0.15) is 13.3 Å². The number of pyridine rings is 1. The summed E-state index contributed by atoms with van der Waals surface area (Å²) in [5, 5.41) is 5.68. The number of halogens is 2. The molecular weight excluding hydrogens is 487 g/mol. The van der Waals surface area contributed by atoms with Gasteiger partial charge in [0, 0.05) is 42.6 Å². The van der Waals surface area contributed by atoms with E-state index in [2.05, 4.69) is 10.6 Å². The van der Waals surface area contributed by atoms with Crippen molar-refractivity contribution >= 4 is 40.7 Å². The van der Waals surface area contributed by atoms with Crippen molar-refractivity contribution in [1.29, 1.82) is 0 Å². The largest absolute Gasteiger partial charge is 0.345 e. The number of carbonyl (C=O) groups is 3. The van der Waals surface area contributed by atoms with Crippen LogP contribution in [0.3, 0.4) is 0 Å². The highest BCUT2D eigenvalue weighted by molar-refractivity contribution is 6.30. The third kappa shape index (κ3) is 4.74. The maximum atomic E-state index is 14.9. The van der Waals surface area contributed by atoms with Crippen LogP contribution in [-0.2, 0) is 14.4 Å². The van der Waals surface area contributed by atoms with E-state index in [1.165, 1.54) is 40.9 Å².